The quantitative estimate of drug-likeness (QED) is 0.446. The van der Waals surface area contributed by atoms with Gasteiger partial charge < -0.3 is 4.18 Å². The molecule has 0 aromatic heterocycles. The molecule has 0 aliphatic heterocycles. The molecular formula is C11H16BrClOSSi. The average molecular weight is 340 g/mol. The van der Waals surface area contributed by atoms with E-state index in [9.17, 15) is 0 Å². The van der Waals surface area contributed by atoms with E-state index in [0.717, 1.165) is 22.5 Å². The number of benzene rings is 1. The lowest BCUT2D eigenvalue weighted by atomic mass is 10.2. The minimum absolute atomic E-state index is 0.697. The zero-order valence-corrected chi connectivity index (χ0v) is 14.7. The van der Waals surface area contributed by atoms with Gasteiger partial charge in [-0.05, 0) is 48.6 Å². The first-order chi connectivity index (χ1) is 7.63. The first-order valence-corrected chi connectivity index (χ1v) is 8.48. The lowest BCUT2D eigenvalue weighted by Gasteiger charge is -2.09. The summed E-state index contributed by atoms with van der Waals surface area (Å²) in [4.78, 5) is 0.697. The van der Waals surface area contributed by atoms with E-state index in [1.165, 1.54) is 22.2 Å². The molecule has 90 valence electrons. The summed E-state index contributed by atoms with van der Waals surface area (Å²) in [6, 6.07) is 5.85. The Hall–Kier alpha value is 0.517. The molecule has 0 fully saturated rings. The highest BCUT2D eigenvalue weighted by molar-refractivity contribution is 9.10. The van der Waals surface area contributed by atoms with E-state index in [-0.39, 0.29) is 0 Å². The van der Waals surface area contributed by atoms with E-state index in [1.54, 1.807) is 12.0 Å². The van der Waals surface area contributed by atoms with Crippen molar-refractivity contribution in [2.45, 2.75) is 24.6 Å². The summed E-state index contributed by atoms with van der Waals surface area (Å²) < 4.78 is 6.67. The van der Waals surface area contributed by atoms with E-state index in [0.29, 0.717) is 4.87 Å². The SMILES string of the molecule is CCC([SiH3])SOCCc1cc(Cl)ccc1Br. The Bertz CT molecular complexity index is 338. The first kappa shape index (κ1) is 14.6. The summed E-state index contributed by atoms with van der Waals surface area (Å²) in [5, 5.41) is 0.778. The molecule has 1 aromatic carbocycles. The summed E-state index contributed by atoms with van der Waals surface area (Å²) in [7, 11) is 1.18. The van der Waals surface area contributed by atoms with E-state index in [2.05, 4.69) is 22.9 Å². The first-order valence-electron chi connectivity index (χ1n) is 5.35. The Morgan fingerprint density at radius 3 is 3.00 bits per heavy atom. The van der Waals surface area contributed by atoms with Crippen molar-refractivity contribution in [2.75, 3.05) is 6.61 Å². The predicted octanol–water partition coefficient (Wildman–Crippen LogP) is 3.41. The maximum atomic E-state index is 5.94. The normalized spacial score (nSPS) is 12.9. The largest absolute Gasteiger partial charge is 0.315 e. The van der Waals surface area contributed by atoms with Crippen molar-refractivity contribution >= 4 is 49.8 Å². The Kier molecular flexibility index (Phi) is 7.08. The highest BCUT2D eigenvalue weighted by atomic mass is 79.9. The van der Waals surface area contributed by atoms with Crippen LogP contribution in [0.4, 0.5) is 0 Å². The van der Waals surface area contributed by atoms with Gasteiger partial charge >= 0.3 is 0 Å². The summed E-state index contributed by atoms with van der Waals surface area (Å²) in [5.41, 5.74) is 1.20. The molecule has 0 aliphatic carbocycles. The molecule has 0 spiro atoms. The zero-order valence-electron chi connectivity index (χ0n) is 9.50. The molecule has 0 saturated heterocycles. The zero-order chi connectivity index (χ0) is 12.0. The minimum atomic E-state index is 0.697. The third-order valence-electron chi connectivity index (χ3n) is 2.27. The lowest BCUT2D eigenvalue weighted by molar-refractivity contribution is 0.377. The van der Waals surface area contributed by atoms with Gasteiger partial charge in [0.2, 0.25) is 0 Å². The fourth-order valence-corrected chi connectivity index (χ4v) is 2.71. The van der Waals surface area contributed by atoms with Gasteiger partial charge in [-0.25, -0.2) is 0 Å². The van der Waals surface area contributed by atoms with Crippen molar-refractivity contribution < 1.29 is 4.18 Å². The van der Waals surface area contributed by atoms with Crippen LogP contribution in [0.3, 0.4) is 0 Å². The third-order valence-corrected chi connectivity index (χ3v) is 5.64. The van der Waals surface area contributed by atoms with Gasteiger partial charge in [0, 0.05) is 24.6 Å². The van der Waals surface area contributed by atoms with Gasteiger partial charge in [-0.1, -0.05) is 34.5 Å². The van der Waals surface area contributed by atoms with Crippen molar-refractivity contribution in [3.05, 3.63) is 33.3 Å². The molecule has 1 rings (SSSR count). The van der Waals surface area contributed by atoms with Crippen LogP contribution in [-0.2, 0) is 10.6 Å². The molecule has 0 radical (unpaired) electrons. The van der Waals surface area contributed by atoms with Crippen molar-refractivity contribution in [3.63, 3.8) is 0 Å². The molecule has 0 bridgehead atoms. The molecule has 1 aromatic rings. The van der Waals surface area contributed by atoms with Crippen LogP contribution in [-0.4, -0.2) is 21.7 Å². The van der Waals surface area contributed by atoms with E-state index in [1.807, 2.05) is 18.2 Å². The molecule has 16 heavy (non-hydrogen) atoms. The fourth-order valence-electron chi connectivity index (χ4n) is 1.12. The second-order valence-electron chi connectivity index (χ2n) is 3.62. The van der Waals surface area contributed by atoms with E-state index < -0.39 is 0 Å². The van der Waals surface area contributed by atoms with Crippen molar-refractivity contribution in [1.82, 2.24) is 0 Å². The maximum Gasteiger partial charge on any atom is 0.0654 e. The third kappa shape index (κ3) is 5.23. The number of hydrogen-bond acceptors (Lipinski definition) is 2. The highest BCUT2D eigenvalue weighted by Gasteiger charge is 2.03. The molecule has 0 amide bonds. The van der Waals surface area contributed by atoms with Crippen LogP contribution in [0.15, 0.2) is 22.7 Å². The van der Waals surface area contributed by atoms with Gasteiger partial charge in [-0.3, -0.25) is 0 Å². The maximum absolute atomic E-state index is 5.94. The Morgan fingerprint density at radius 1 is 1.56 bits per heavy atom. The van der Waals surface area contributed by atoms with Gasteiger partial charge in [0.25, 0.3) is 0 Å². The van der Waals surface area contributed by atoms with Crippen LogP contribution in [0, 0.1) is 0 Å². The van der Waals surface area contributed by atoms with Crippen LogP contribution in [0.1, 0.15) is 18.9 Å². The Morgan fingerprint density at radius 2 is 2.31 bits per heavy atom. The van der Waals surface area contributed by atoms with Gasteiger partial charge in [-0.15, -0.1) is 0 Å². The predicted molar refractivity (Wildman–Crippen MR) is 80.4 cm³/mol. The van der Waals surface area contributed by atoms with Gasteiger partial charge in [0.05, 0.1) is 6.61 Å². The summed E-state index contributed by atoms with van der Waals surface area (Å²) in [5.74, 6) is 0. The monoisotopic (exact) mass is 338 g/mol. The second kappa shape index (κ2) is 7.77. The second-order valence-corrected chi connectivity index (χ2v) is 8.38. The van der Waals surface area contributed by atoms with E-state index >= 15 is 0 Å². The van der Waals surface area contributed by atoms with Crippen LogP contribution in [0.5, 0.6) is 0 Å². The van der Waals surface area contributed by atoms with Gasteiger partial charge in [-0.2, -0.15) is 0 Å². The fraction of sp³-hybridized carbons (Fsp3) is 0.455. The van der Waals surface area contributed by atoms with Crippen LogP contribution >= 0.6 is 39.6 Å². The molecule has 1 nitrogen and oxygen atoms in total. The number of hydrogen-bond donors (Lipinski definition) is 0. The van der Waals surface area contributed by atoms with Crippen molar-refractivity contribution in [3.8, 4) is 0 Å². The van der Waals surface area contributed by atoms with Crippen LogP contribution < -0.4 is 0 Å². The van der Waals surface area contributed by atoms with E-state index in [4.69, 9.17) is 15.8 Å². The Labute approximate surface area is 118 Å². The lowest BCUT2D eigenvalue weighted by Crippen LogP contribution is -2.02. The summed E-state index contributed by atoms with van der Waals surface area (Å²) >= 11 is 11.1. The molecule has 0 saturated carbocycles. The number of halogens is 2. The highest BCUT2D eigenvalue weighted by Crippen LogP contribution is 2.22. The van der Waals surface area contributed by atoms with Crippen LogP contribution in [0.25, 0.3) is 0 Å². The molecule has 5 heteroatoms. The summed E-state index contributed by atoms with van der Waals surface area (Å²) in [6.07, 6.45) is 2.09. The molecule has 0 N–H and O–H groups in total. The minimum Gasteiger partial charge on any atom is -0.315 e. The molecule has 1 unspecified atom stereocenters. The average Bonchev–Trinajstić information content (AvgIpc) is 2.28. The molecule has 1 atom stereocenters. The smallest absolute Gasteiger partial charge is 0.0654 e. The van der Waals surface area contributed by atoms with Crippen molar-refractivity contribution in [1.29, 1.82) is 0 Å². The summed E-state index contributed by atoms with van der Waals surface area (Å²) in [6.45, 7) is 2.93. The number of rotatable bonds is 6. The standard InChI is InChI=1S/C11H16BrClOSSi/c1-2-11(16)15-14-6-5-8-7-9(13)3-4-10(8)12/h3-4,7,11H,2,5-6H2,1,16H3. The van der Waals surface area contributed by atoms with Gasteiger partial charge in [0.1, 0.15) is 0 Å². The molecule has 0 heterocycles. The van der Waals surface area contributed by atoms with Crippen molar-refractivity contribution in [2.24, 2.45) is 0 Å². The van der Waals surface area contributed by atoms with Gasteiger partial charge in [0.15, 0.2) is 0 Å². The molecular weight excluding hydrogens is 324 g/mol. The molecule has 0 aliphatic rings. The topological polar surface area (TPSA) is 9.23 Å². The van der Waals surface area contributed by atoms with Crippen LogP contribution in [0.2, 0.25) is 5.02 Å². The Balaban J connectivity index is 2.34.